The summed E-state index contributed by atoms with van der Waals surface area (Å²) < 4.78 is 1.64. The molecule has 0 bridgehead atoms. The van der Waals surface area contributed by atoms with Crippen molar-refractivity contribution in [3.05, 3.63) is 42.4 Å². The maximum atomic E-state index is 13.4. The average molecular weight is 533 g/mol. The van der Waals surface area contributed by atoms with Crippen LogP contribution in [0.1, 0.15) is 82.1 Å². The van der Waals surface area contributed by atoms with Gasteiger partial charge >= 0.3 is 0 Å². The van der Waals surface area contributed by atoms with E-state index in [2.05, 4.69) is 42.3 Å². The monoisotopic (exact) mass is 532 g/mol. The second kappa shape index (κ2) is 11.8. The minimum absolute atomic E-state index is 0.0946. The van der Waals surface area contributed by atoms with Crippen molar-refractivity contribution in [3.8, 4) is 17.2 Å². The summed E-state index contributed by atoms with van der Waals surface area (Å²) in [7, 11) is 2.15. The van der Waals surface area contributed by atoms with Gasteiger partial charge in [-0.1, -0.05) is 19.8 Å². The van der Waals surface area contributed by atoms with Gasteiger partial charge in [0, 0.05) is 42.9 Å². The second-order valence-electron chi connectivity index (χ2n) is 11.4. The smallest absolute Gasteiger partial charge is 0.250 e. The molecule has 1 saturated heterocycles. The van der Waals surface area contributed by atoms with E-state index in [4.69, 9.17) is 0 Å². The predicted molar refractivity (Wildman–Crippen MR) is 148 cm³/mol. The van der Waals surface area contributed by atoms with Crippen LogP contribution in [0.2, 0.25) is 0 Å². The number of hydrogen-bond acceptors (Lipinski definition) is 7. The first-order valence-corrected chi connectivity index (χ1v) is 14.3. The fourth-order valence-electron chi connectivity index (χ4n) is 5.67. The number of carbonyl (C=O) groups is 2. The molecule has 10 heteroatoms. The maximum absolute atomic E-state index is 13.4. The number of H-pyrrole nitrogens is 1. The van der Waals surface area contributed by atoms with Crippen LogP contribution in [-0.4, -0.2) is 66.4 Å². The highest BCUT2D eigenvalue weighted by atomic mass is 16.2. The summed E-state index contributed by atoms with van der Waals surface area (Å²) in [5.74, 6) is 1.80. The zero-order valence-electron chi connectivity index (χ0n) is 23.3. The minimum atomic E-state index is -0.204. The van der Waals surface area contributed by atoms with Crippen LogP contribution < -0.4 is 5.32 Å². The molecule has 3 aromatic heterocycles. The molecule has 1 spiro atoms. The Bertz CT molecular complexity index is 1270. The number of amides is 1. The Kier molecular flexibility index (Phi) is 8.20. The van der Waals surface area contributed by atoms with E-state index in [0.717, 1.165) is 80.7 Å². The molecule has 1 saturated carbocycles. The molecule has 1 aliphatic carbocycles. The van der Waals surface area contributed by atoms with Crippen molar-refractivity contribution in [2.45, 2.75) is 77.7 Å². The van der Waals surface area contributed by atoms with Crippen molar-refractivity contribution in [1.82, 2.24) is 39.9 Å². The lowest BCUT2D eigenvalue weighted by molar-refractivity contribution is -0.124. The van der Waals surface area contributed by atoms with Gasteiger partial charge in [-0.25, -0.2) is 19.6 Å². The Labute approximate surface area is 230 Å². The summed E-state index contributed by atoms with van der Waals surface area (Å²) in [4.78, 5) is 44.4. The third-order valence-corrected chi connectivity index (χ3v) is 8.44. The molecular weight excluding hydrogens is 492 g/mol. The highest BCUT2D eigenvalue weighted by molar-refractivity contribution is 5.83. The topological polar surface area (TPSA) is 122 Å². The fraction of sp³-hybridized carbons (Fsp3) is 0.586. The third-order valence-electron chi connectivity index (χ3n) is 8.44. The number of ketones is 1. The molecule has 2 atom stereocenters. The molecule has 3 aromatic rings. The summed E-state index contributed by atoms with van der Waals surface area (Å²) in [6, 6.07) is -0.204. The maximum Gasteiger partial charge on any atom is 0.250 e. The molecule has 39 heavy (non-hydrogen) atoms. The quantitative estimate of drug-likeness (QED) is 0.336. The van der Waals surface area contributed by atoms with E-state index in [1.54, 1.807) is 29.5 Å². The van der Waals surface area contributed by atoms with E-state index in [1.807, 2.05) is 20.0 Å². The van der Waals surface area contributed by atoms with Gasteiger partial charge in [-0.2, -0.15) is 5.10 Å². The SMILES string of the molecule is CCC(=O)CCCCC[C@H](NC(=O)[C@H]1CC12CCN(C)CC2)c1ncc(-c2cnc(-n3cc(C)cn3)nc2)[nH]1. The number of Topliss-reactive ketones (excluding diaryl/α,β-unsaturated/α-hetero) is 1. The lowest BCUT2D eigenvalue weighted by atomic mass is 9.91. The van der Waals surface area contributed by atoms with Crippen LogP contribution in [0.3, 0.4) is 0 Å². The molecule has 2 N–H and O–H groups in total. The summed E-state index contributed by atoms with van der Waals surface area (Å²) in [5.41, 5.74) is 2.84. The number of piperidine rings is 1. The molecular formula is C29H40N8O2. The molecule has 1 aliphatic heterocycles. The second-order valence-corrected chi connectivity index (χ2v) is 11.4. The number of rotatable bonds is 12. The summed E-state index contributed by atoms with van der Waals surface area (Å²) >= 11 is 0. The number of aryl methyl sites for hydroxylation is 1. The van der Waals surface area contributed by atoms with Crippen molar-refractivity contribution < 1.29 is 9.59 Å². The summed E-state index contributed by atoms with van der Waals surface area (Å²) in [6.07, 6.45) is 16.9. The number of carbonyl (C=O) groups excluding carboxylic acids is 2. The van der Waals surface area contributed by atoms with E-state index >= 15 is 0 Å². The number of nitrogens with one attached hydrogen (secondary N) is 2. The van der Waals surface area contributed by atoms with Crippen LogP contribution in [0, 0.1) is 18.3 Å². The van der Waals surface area contributed by atoms with Crippen LogP contribution in [0.5, 0.6) is 0 Å². The minimum Gasteiger partial charge on any atom is -0.346 e. The molecule has 4 heterocycles. The van der Waals surface area contributed by atoms with Gasteiger partial charge in [0.1, 0.15) is 11.6 Å². The highest BCUT2D eigenvalue weighted by Gasteiger charge is 2.58. The highest BCUT2D eigenvalue weighted by Crippen LogP contribution is 2.59. The standard InChI is InChI=1S/C29H40N8O2/c1-4-22(38)8-6-5-7-9-24(35-27(39)23-14-29(23)10-12-36(3)13-11-29)26-30-18-25(34-26)21-16-31-28(32-17-21)37-19-20(2)15-33-37/h15-19,23-24H,4-14H2,1-3H3,(H,30,34)(H,35,39)/t23-,24+/m1/s1. The van der Waals surface area contributed by atoms with Crippen molar-refractivity contribution in [3.63, 3.8) is 0 Å². The first-order valence-electron chi connectivity index (χ1n) is 14.3. The van der Waals surface area contributed by atoms with Gasteiger partial charge in [-0.15, -0.1) is 0 Å². The van der Waals surface area contributed by atoms with Crippen LogP contribution >= 0.6 is 0 Å². The van der Waals surface area contributed by atoms with Crippen LogP contribution in [0.15, 0.2) is 31.0 Å². The number of aromatic amines is 1. The van der Waals surface area contributed by atoms with Gasteiger partial charge < -0.3 is 15.2 Å². The summed E-state index contributed by atoms with van der Waals surface area (Å²) in [5, 5.41) is 7.59. The van der Waals surface area contributed by atoms with E-state index in [9.17, 15) is 9.59 Å². The molecule has 0 aromatic carbocycles. The first-order chi connectivity index (χ1) is 18.9. The lowest BCUT2D eigenvalue weighted by Crippen LogP contribution is -2.36. The Balaban J connectivity index is 1.25. The van der Waals surface area contributed by atoms with Gasteiger partial charge in [0.25, 0.3) is 0 Å². The Morgan fingerprint density at radius 3 is 2.56 bits per heavy atom. The average Bonchev–Trinajstić information content (AvgIpc) is 3.24. The van der Waals surface area contributed by atoms with Crippen molar-refractivity contribution in [1.29, 1.82) is 0 Å². The first kappa shape index (κ1) is 27.2. The van der Waals surface area contributed by atoms with Gasteiger partial charge in [-0.05, 0) is 70.1 Å². The van der Waals surface area contributed by atoms with Gasteiger partial charge in [0.2, 0.25) is 11.9 Å². The Hall–Kier alpha value is -3.40. The fourth-order valence-corrected chi connectivity index (χ4v) is 5.67. The molecule has 0 radical (unpaired) electrons. The van der Waals surface area contributed by atoms with Gasteiger partial charge in [0.15, 0.2) is 0 Å². The number of imidazole rings is 1. The zero-order chi connectivity index (χ0) is 27.4. The van der Waals surface area contributed by atoms with Crippen LogP contribution in [0.4, 0.5) is 0 Å². The molecule has 1 amide bonds. The van der Waals surface area contributed by atoms with Gasteiger partial charge in [0.05, 0.1) is 24.1 Å². The van der Waals surface area contributed by atoms with E-state index in [-0.39, 0.29) is 23.3 Å². The van der Waals surface area contributed by atoms with Crippen molar-refractivity contribution >= 4 is 11.7 Å². The Morgan fingerprint density at radius 1 is 1.10 bits per heavy atom. The largest absolute Gasteiger partial charge is 0.346 e. The van der Waals surface area contributed by atoms with Crippen molar-refractivity contribution in [2.24, 2.45) is 11.3 Å². The zero-order valence-corrected chi connectivity index (χ0v) is 23.3. The number of likely N-dealkylation sites (tertiary alicyclic amines) is 1. The molecule has 0 unspecified atom stereocenters. The molecule has 2 fully saturated rings. The van der Waals surface area contributed by atoms with Crippen molar-refractivity contribution in [2.75, 3.05) is 20.1 Å². The Morgan fingerprint density at radius 2 is 1.87 bits per heavy atom. The van der Waals surface area contributed by atoms with Crippen LogP contribution in [0.25, 0.3) is 17.2 Å². The third kappa shape index (κ3) is 6.43. The van der Waals surface area contributed by atoms with E-state index in [1.165, 1.54) is 0 Å². The van der Waals surface area contributed by atoms with E-state index < -0.39 is 0 Å². The van der Waals surface area contributed by atoms with Gasteiger partial charge in [-0.3, -0.25) is 9.59 Å². The predicted octanol–water partition coefficient (Wildman–Crippen LogP) is 4.18. The summed E-state index contributed by atoms with van der Waals surface area (Å²) in [6.45, 7) is 6.01. The molecule has 10 nitrogen and oxygen atoms in total. The number of nitrogens with zero attached hydrogens (tertiary/aromatic N) is 6. The van der Waals surface area contributed by atoms with E-state index in [0.29, 0.717) is 24.6 Å². The normalized spacial score (nSPS) is 19.2. The molecule has 208 valence electrons. The number of hydrogen-bond donors (Lipinski definition) is 2. The lowest BCUT2D eigenvalue weighted by Gasteiger charge is -2.30. The number of unbranched alkanes of at least 4 members (excludes halogenated alkanes) is 2. The number of aromatic nitrogens is 6. The van der Waals surface area contributed by atoms with Crippen LogP contribution in [-0.2, 0) is 9.59 Å². The molecule has 5 rings (SSSR count). The molecule has 2 aliphatic rings.